The van der Waals surface area contributed by atoms with Crippen LogP contribution in [0, 0.1) is 0 Å². The van der Waals surface area contributed by atoms with E-state index in [1.54, 1.807) is 14.2 Å². The third-order valence-corrected chi connectivity index (χ3v) is 7.65. The number of pyridine rings is 1. The lowest BCUT2D eigenvalue weighted by Crippen LogP contribution is -3.00. The van der Waals surface area contributed by atoms with Gasteiger partial charge in [0, 0.05) is 65.2 Å². The van der Waals surface area contributed by atoms with Crippen LogP contribution in [0.2, 0.25) is 0 Å². The number of methoxy groups -OCH3 is 2. The van der Waals surface area contributed by atoms with Gasteiger partial charge in [0.15, 0.2) is 11.0 Å². The Balaban J connectivity index is 0.00000294. The first-order valence-electron chi connectivity index (χ1n) is 13.9. The van der Waals surface area contributed by atoms with Crippen molar-refractivity contribution >= 4 is 47.6 Å². The van der Waals surface area contributed by atoms with Crippen LogP contribution in [0.4, 0.5) is 5.82 Å². The van der Waals surface area contributed by atoms with Crippen LogP contribution in [-0.4, -0.2) is 99.0 Å². The average Bonchev–Trinajstić information content (AvgIpc) is 3.29. The summed E-state index contributed by atoms with van der Waals surface area (Å²) in [6, 6.07) is 8.38. The maximum Gasteiger partial charge on any atom is 0.271 e. The Kier molecular flexibility index (Phi) is 16.1. The predicted molar refractivity (Wildman–Crippen MR) is 168 cm³/mol. The molecule has 0 radical (unpaired) electrons. The number of hydrogen-bond acceptors (Lipinski definition) is 7. The van der Waals surface area contributed by atoms with Crippen molar-refractivity contribution in [3.8, 4) is 11.1 Å². The van der Waals surface area contributed by atoms with E-state index in [2.05, 4.69) is 58.0 Å². The monoisotopic (exact) mass is 645 g/mol. The molecule has 0 saturated carbocycles. The van der Waals surface area contributed by atoms with E-state index in [1.807, 2.05) is 17.2 Å². The molecule has 236 valence electrons. The molecule has 0 unspecified atom stereocenters. The quantitative estimate of drug-likeness (QED) is 0.273. The second-order valence-corrected chi connectivity index (χ2v) is 9.97. The highest BCUT2D eigenvalue weighted by Crippen LogP contribution is 2.30. The molecule has 2 aromatic heterocycles. The lowest BCUT2D eigenvalue weighted by Gasteiger charge is -2.33. The van der Waals surface area contributed by atoms with Crippen LogP contribution in [0.1, 0.15) is 30.0 Å². The maximum atomic E-state index is 14.1. The average molecular weight is 647 g/mol. The highest BCUT2D eigenvalue weighted by atomic mass is 35.5. The van der Waals surface area contributed by atoms with E-state index >= 15 is 0 Å². The van der Waals surface area contributed by atoms with Crippen molar-refractivity contribution in [1.29, 1.82) is 0 Å². The maximum absolute atomic E-state index is 14.1. The van der Waals surface area contributed by atoms with Crippen LogP contribution in [0.15, 0.2) is 30.5 Å². The van der Waals surface area contributed by atoms with Gasteiger partial charge in [-0.2, -0.15) is 0 Å². The number of hydrogen-bond donors (Lipinski definition) is 1. The second kappa shape index (κ2) is 17.8. The zero-order chi connectivity index (χ0) is 27.9. The fraction of sp³-hybridized carbons (Fsp3) is 0.552. The first-order valence-corrected chi connectivity index (χ1v) is 13.9. The number of piperazine rings is 1. The number of benzene rings is 1. The van der Waals surface area contributed by atoms with Crippen LogP contribution in [0.25, 0.3) is 22.2 Å². The summed E-state index contributed by atoms with van der Waals surface area (Å²) < 4.78 is 15.0. The summed E-state index contributed by atoms with van der Waals surface area (Å²) in [6.45, 7) is 11.9. The molecular formula is C29H46Cl3N7O3. The molecule has 1 amide bonds. The highest BCUT2D eigenvalue weighted by molar-refractivity contribution is 6.05. The lowest BCUT2D eigenvalue weighted by atomic mass is 10.0. The van der Waals surface area contributed by atoms with Gasteiger partial charge in [0.25, 0.3) is 11.7 Å². The smallest absolute Gasteiger partial charge is 0.271 e. The molecule has 0 bridgehead atoms. The van der Waals surface area contributed by atoms with Gasteiger partial charge < -0.3 is 42.3 Å². The number of anilines is 1. The van der Waals surface area contributed by atoms with E-state index in [4.69, 9.17) is 20.2 Å². The number of imidazole rings is 1. The normalized spacial score (nSPS) is 13.3. The molecule has 1 aromatic carbocycles. The van der Waals surface area contributed by atoms with E-state index in [1.165, 1.54) is 0 Å². The number of carbonyl (C=O) groups excluding carboxylic acids is 1. The second-order valence-electron chi connectivity index (χ2n) is 9.97. The summed E-state index contributed by atoms with van der Waals surface area (Å²) >= 11 is 0. The first-order chi connectivity index (χ1) is 19.0. The Hall–Kier alpha value is -2.18. The number of nitrogens with zero attached hydrogens (tertiary/aromatic N) is 6. The number of aromatic nitrogens is 3. The minimum atomic E-state index is -0.0445. The van der Waals surface area contributed by atoms with Crippen LogP contribution in [0.5, 0.6) is 0 Å². The molecule has 3 heterocycles. The lowest BCUT2D eigenvalue weighted by molar-refractivity contribution is -0.676. The molecule has 3 aromatic rings. The van der Waals surface area contributed by atoms with Crippen molar-refractivity contribution in [2.45, 2.75) is 33.5 Å². The fourth-order valence-corrected chi connectivity index (χ4v) is 5.43. The van der Waals surface area contributed by atoms with Gasteiger partial charge in [0.1, 0.15) is 5.82 Å². The van der Waals surface area contributed by atoms with Crippen LogP contribution < -0.4 is 27.6 Å². The van der Waals surface area contributed by atoms with E-state index < -0.39 is 0 Å². The number of fused-ring (bicyclic) bond motifs is 1. The number of amides is 1. The number of halogens is 3. The number of carbonyl (C=O) groups is 1. The summed E-state index contributed by atoms with van der Waals surface area (Å²) in [5.74, 6) is 1.95. The van der Waals surface area contributed by atoms with Gasteiger partial charge in [0.05, 0.1) is 38.4 Å². The summed E-state index contributed by atoms with van der Waals surface area (Å²) in [5.41, 5.74) is 10.7. The largest absolute Gasteiger partial charge is 1.00 e. The minimum absolute atomic E-state index is 0. The minimum Gasteiger partial charge on any atom is -1.00 e. The van der Waals surface area contributed by atoms with Crippen LogP contribution in [-0.2, 0) is 29.1 Å². The van der Waals surface area contributed by atoms with Crippen molar-refractivity contribution in [3.63, 3.8) is 0 Å². The molecule has 42 heavy (non-hydrogen) atoms. The van der Waals surface area contributed by atoms with Crippen molar-refractivity contribution in [3.05, 3.63) is 41.9 Å². The fourth-order valence-electron chi connectivity index (χ4n) is 5.43. The van der Waals surface area contributed by atoms with Crippen molar-refractivity contribution in [2.24, 2.45) is 5.73 Å². The molecule has 2 N–H and O–H groups in total. The van der Waals surface area contributed by atoms with Gasteiger partial charge >= 0.3 is 0 Å². The van der Waals surface area contributed by atoms with Gasteiger partial charge in [-0.15, -0.1) is 24.8 Å². The topological polar surface area (TPSA) is 93.0 Å². The predicted octanol–water partition coefficient (Wildman–Crippen LogP) is -0.176. The molecular weight excluding hydrogens is 601 g/mol. The zero-order valence-corrected chi connectivity index (χ0v) is 27.7. The molecule has 10 nitrogen and oxygen atoms in total. The highest BCUT2D eigenvalue weighted by Gasteiger charge is 2.30. The number of likely N-dealkylation sites (N-methyl/N-ethyl adjacent to an activating group) is 1. The Morgan fingerprint density at radius 1 is 1.02 bits per heavy atom. The molecule has 13 heteroatoms. The molecule has 1 aliphatic heterocycles. The SMILES string of the molecule is CCn1c(CN)[n+](CC)c2c(C(=O)N(CCOC)CCOC)cc(-c3ccc(N4CCN(C)CC4)nc3)cc21.Cl.Cl.[Cl-]. The van der Waals surface area contributed by atoms with Crippen molar-refractivity contribution < 1.29 is 31.2 Å². The number of aryl methyl sites for hydroxylation is 2. The molecule has 0 aliphatic carbocycles. The van der Waals surface area contributed by atoms with Gasteiger partial charge in [0.2, 0.25) is 0 Å². The standard InChI is InChI=1S/C29H44N7O3.3ClH/c1-6-35-25-19-23(22-8-9-26(31-21-22)33-12-10-32(3)11-13-33)18-24(28(25)36(7-2)27(35)20-30)29(37)34(14-16-38-4)15-17-39-5;;;/h8-9,18-19,21H,6-7,10-17,20,30H2,1-5H3;3*1H/q+1;;;/p-1. The Bertz CT molecular complexity index is 1260. The molecule has 4 rings (SSSR count). The summed E-state index contributed by atoms with van der Waals surface area (Å²) in [7, 11) is 5.45. The molecule has 0 atom stereocenters. The third kappa shape index (κ3) is 8.05. The third-order valence-electron chi connectivity index (χ3n) is 7.65. The molecule has 1 saturated heterocycles. The molecule has 0 spiro atoms. The Morgan fingerprint density at radius 2 is 1.67 bits per heavy atom. The van der Waals surface area contributed by atoms with E-state index in [-0.39, 0.29) is 43.1 Å². The van der Waals surface area contributed by atoms with E-state index in [0.29, 0.717) is 45.0 Å². The van der Waals surface area contributed by atoms with Crippen molar-refractivity contribution in [2.75, 3.05) is 78.6 Å². The van der Waals surface area contributed by atoms with Crippen LogP contribution >= 0.6 is 24.8 Å². The Morgan fingerprint density at radius 3 is 2.17 bits per heavy atom. The van der Waals surface area contributed by atoms with Gasteiger partial charge in [-0.05, 0) is 50.7 Å². The summed E-state index contributed by atoms with van der Waals surface area (Å²) in [5, 5.41) is 0. The first kappa shape index (κ1) is 37.8. The molecule has 1 aliphatic rings. The number of nitrogens with two attached hydrogens (primary N) is 1. The Labute approximate surface area is 268 Å². The van der Waals surface area contributed by atoms with Crippen LogP contribution in [0.3, 0.4) is 0 Å². The van der Waals surface area contributed by atoms with Gasteiger partial charge in [-0.3, -0.25) is 4.79 Å². The summed E-state index contributed by atoms with van der Waals surface area (Å²) in [6.07, 6.45) is 1.92. The van der Waals surface area contributed by atoms with Crippen molar-refractivity contribution in [1.82, 2.24) is 19.4 Å². The van der Waals surface area contributed by atoms with Gasteiger partial charge in [-0.25, -0.2) is 14.1 Å². The van der Waals surface area contributed by atoms with Gasteiger partial charge in [-0.1, -0.05) is 0 Å². The van der Waals surface area contributed by atoms with E-state index in [0.717, 1.165) is 66.5 Å². The number of rotatable bonds is 12. The summed E-state index contributed by atoms with van der Waals surface area (Å²) in [4.78, 5) is 25.4. The van der Waals surface area contributed by atoms with E-state index in [9.17, 15) is 4.79 Å². The zero-order valence-electron chi connectivity index (χ0n) is 25.3. The number of ether oxygens (including phenoxy) is 2. The molecule has 1 fully saturated rings.